The van der Waals surface area contributed by atoms with Crippen LogP contribution in [0.2, 0.25) is 0 Å². The number of nitrogens with zero attached hydrogens (tertiary/aromatic N) is 6. The van der Waals surface area contributed by atoms with Crippen molar-refractivity contribution in [3.8, 4) is 11.5 Å². The van der Waals surface area contributed by atoms with E-state index in [0.717, 1.165) is 48.6 Å². The first-order valence-electron chi connectivity index (χ1n) is 12.1. The number of nitrogens with one attached hydrogen (secondary N) is 2. The van der Waals surface area contributed by atoms with Gasteiger partial charge in [-0.05, 0) is 66.8 Å². The number of piperazine rings is 1. The summed E-state index contributed by atoms with van der Waals surface area (Å²) in [5, 5.41) is 4.83. The van der Waals surface area contributed by atoms with Crippen LogP contribution in [0, 0.1) is 0 Å². The normalized spacial score (nSPS) is 14.1. The smallest absolute Gasteiger partial charge is 0.233 e. The first kappa shape index (κ1) is 26.9. The lowest BCUT2D eigenvalue weighted by Crippen LogP contribution is -2.50. The van der Waals surface area contributed by atoms with Crippen LogP contribution in [-0.4, -0.2) is 74.6 Å². The quantitative estimate of drug-likeness (QED) is 0.169. The van der Waals surface area contributed by atoms with Crippen LogP contribution in [0.1, 0.15) is 0 Å². The van der Waals surface area contributed by atoms with E-state index < -0.39 is 9.74 Å². The molecule has 1 saturated heterocycles. The summed E-state index contributed by atoms with van der Waals surface area (Å²) in [4.78, 5) is 22.1. The largest absolute Gasteiger partial charge is 0.493 e. The summed E-state index contributed by atoms with van der Waals surface area (Å²) in [6.07, 6.45) is 4.76. The molecule has 39 heavy (non-hydrogen) atoms. The predicted molar refractivity (Wildman–Crippen MR) is 162 cm³/mol. The molecule has 1 aliphatic rings. The zero-order valence-electron chi connectivity index (χ0n) is 21.4. The van der Waals surface area contributed by atoms with Crippen LogP contribution >= 0.6 is 20.7 Å². The molecule has 3 heterocycles. The van der Waals surface area contributed by atoms with Gasteiger partial charge >= 0.3 is 0 Å². The van der Waals surface area contributed by atoms with E-state index in [1.807, 2.05) is 24.3 Å². The number of hydrogen-bond acceptors (Lipinski definition) is 9. The van der Waals surface area contributed by atoms with Crippen LogP contribution in [0.4, 0.5) is 17.5 Å². The number of rotatable bonds is 7. The van der Waals surface area contributed by atoms with Crippen molar-refractivity contribution >= 4 is 63.9 Å². The lowest BCUT2D eigenvalue weighted by Gasteiger charge is -2.37. The molecule has 1 fully saturated rings. The van der Waals surface area contributed by atoms with Gasteiger partial charge in [0, 0.05) is 60.6 Å². The number of hydrogen-bond donors (Lipinski definition) is 3. The summed E-state index contributed by atoms with van der Waals surface area (Å²) in [6.45, 7) is 2.93. The molecule has 1 atom stereocenters. The van der Waals surface area contributed by atoms with Crippen LogP contribution in [-0.2, 0) is 9.74 Å². The maximum Gasteiger partial charge on any atom is 0.233 e. The van der Waals surface area contributed by atoms with E-state index in [9.17, 15) is 4.21 Å². The minimum atomic E-state index is -2.97. The third kappa shape index (κ3) is 6.00. The van der Waals surface area contributed by atoms with Gasteiger partial charge in [0.15, 0.2) is 16.6 Å². The van der Waals surface area contributed by atoms with Gasteiger partial charge in [0.2, 0.25) is 5.95 Å². The number of methoxy groups -OCH3 is 2. The molecule has 2 N–H and O–H groups in total. The van der Waals surface area contributed by atoms with Crippen molar-refractivity contribution < 1.29 is 13.7 Å². The van der Waals surface area contributed by atoms with Crippen molar-refractivity contribution in [2.75, 3.05) is 55.3 Å². The summed E-state index contributed by atoms with van der Waals surface area (Å²) >= 11 is 5.69. The third-order valence-electron chi connectivity index (χ3n) is 6.32. The number of anilines is 3. The minimum Gasteiger partial charge on any atom is -0.493 e. The molecule has 1 unspecified atom stereocenters. The number of aromatic nitrogens is 4. The topological polar surface area (TPSA) is 118 Å². The number of fused-ring (bicyclic) bond motifs is 1. The van der Waals surface area contributed by atoms with E-state index in [2.05, 4.69) is 48.2 Å². The summed E-state index contributed by atoms with van der Waals surface area (Å²) in [6, 6.07) is 12.8. The maximum atomic E-state index is 13.2. The maximum absolute atomic E-state index is 13.2. The van der Waals surface area contributed by atoms with E-state index in [1.54, 1.807) is 51.1 Å². The summed E-state index contributed by atoms with van der Waals surface area (Å²) in [7, 11) is 2.64. The fourth-order valence-corrected chi connectivity index (χ4v) is 6.58. The average Bonchev–Trinajstić information content (AvgIpc) is 2.96. The fourth-order valence-electron chi connectivity index (χ4n) is 4.28. The number of thiol groups is 1. The van der Waals surface area contributed by atoms with Gasteiger partial charge in [0.1, 0.15) is 12.1 Å². The zero-order valence-corrected chi connectivity index (χ0v) is 24.3. The van der Waals surface area contributed by atoms with E-state index in [1.165, 1.54) is 0 Å². The Morgan fingerprint density at radius 3 is 2.31 bits per heavy atom. The second-order valence-electron chi connectivity index (χ2n) is 8.71. The monoisotopic (exact) mass is 584 g/mol. The highest BCUT2D eigenvalue weighted by molar-refractivity contribution is 8.46. The summed E-state index contributed by atoms with van der Waals surface area (Å²) < 4.78 is 27.0. The molecule has 1 aliphatic heterocycles. The molecule has 204 valence electrons. The van der Waals surface area contributed by atoms with Crippen LogP contribution in [0.3, 0.4) is 0 Å². The highest BCUT2D eigenvalue weighted by atomic mass is 32.8. The molecule has 0 bridgehead atoms. The van der Waals surface area contributed by atoms with Gasteiger partial charge in [0.05, 0.1) is 19.7 Å². The van der Waals surface area contributed by atoms with Crippen molar-refractivity contribution in [1.29, 1.82) is 0 Å². The molecule has 0 saturated carbocycles. The van der Waals surface area contributed by atoms with Crippen LogP contribution in [0.15, 0.2) is 66.1 Å². The minimum absolute atomic E-state index is 0.312. The molecular formula is C25H29N8O3PS2. The van der Waals surface area contributed by atoms with Gasteiger partial charge in [0.25, 0.3) is 0 Å². The molecular weight excluding hydrogens is 555 g/mol. The Morgan fingerprint density at radius 1 is 0.974 bits per heavy atom. The molecule has 0 amide bonds. The molecule has 0 radical (unpaired) electrons. The molecule has 14 heteroatoms. The SMILES string of the molecule is COc1cc2ncnc(N3CCN(C(=S)Nc4ccc([SH](=O)(P)Nc5ncccn5)cc4)CC3)c2cc1OC. The number of ether oxygens (including phenoxy) is 2. The molecule has 2 aromatic carbocycles. The Balaban J connectivity index is 1.21. The van der Waals surface area contributed by atoms with Crippen molar-refractivity contribution in [3.63, 3.8) is 0 Å². The van der Waals surface area contributed by atoms with Crippen molar-refractivity contribution in [2.45, 2.75) is 4.90 Å². The highest BCUT2D eigenvalue weighted by Crippen LogP contribution is 2.35. The lowest BCUT2D eigenvalue weighted by molar-refractivity contribution is 0.355. The van der Waals surface area contributed by atoms with Crippen LogP contribution in [0.5, 0.6) is 11.5 Å². The molecule has 5 rings (SSSR count). The van der Waals surface area contributed by atoms with E-state index in [-0.39, 0.29) is 0 Å². The first-order valence-corrected chi connectivity index (χ1v) is 15.8. The third-order valence-corrected chi connectivity index (χ3v) is 9.56. The second kappa shape index (κ2) is 11.6. The Kier molecular flexibility index (Phi) is 8.01. The standard InChI is InChI=1S/C25H29N8O3PS2/c1-35-21-14-19-20(15-22(21)36-2)28-16-29-23(19)32-10-12-33(13-11-32)25(38)30-17-4-6-18(7-5-17)39(34,37)31-24-26-8-3-9-27-24/h3-9,14-16,39H,10-13,37H2,1-2H3,(H,30,38)(H,26,27,31,34). The Morgan fingerprint density at radius 2 is 1.64 bits per heavy atom. The van der Waals surface area contributed by atoms with Gasteiger partial charge in [-0.3, -0.25) is 8.93 Å². The van der Waals surface area contributed by atoms with Crippen molar-refractivity contribution in [3.05, 3.63) is 61.2 Å². The van der Waals surface area contributed by atoms with E-state index in [4.69, 9.17) is 21.7 Å². The molecule has 11 nitrogen and oxygen atoms in total. The Labute approximate surface area is 234 Å². The molecule has 2 aromatic heterocycles. The fraction of sp³-hybridized carbons (Fsp3) is 0.240. The van der Waals surface area contributed by atoms with Crippen molar-refractivity contribution in [1.82, 2.24) is 24.8 Å². The average molecular weight is 585 g/mol. The Bertz CT molecular complexity index is 1520. The predicted octanol–water partition coefficient (Wildman–Crippen LogP) is 3.15. The van der Waals surface area contributed by atoms with E-state index >= 15 is 0 Å². The molecule has 0 aliphatic carbocycles. The Hall–Kier alpha value is -3.67. The summed E-state index contributed by atoms with van der Waals surface area (Å²) in [5.74, 6) is 2.43. The van der Waals surface area contributed by atoms with Crippen LogP contribution in [0.25, 0.3) is 10.9 Å². The second-order valence-corrected chi connectivity index (χ2v) is 13.3. The number of thiocarbonyl (C=S) groups is 1. The number of benzene rings is 2. The van der Waals surface area contributed by atoms with Gasteiger partial charge in [-0.1, -0.05) is 0 Å². The van der Waals surface area contributed by atoms with Gasteiger partial charge in [-0.15, -0.1) is 0 Å². The van der Waals surface area contributed by atoms with Gasteiger partial charge < -0.3 is 24.6 Å². The van der Waals surface area contributed by atoms with Gasteiger partial charge in [-0.2, -0.15) is 0 Å². The first-order chi connectivity index (χ1) is 18.9. The van der Waals surface area contributed by atoms with Gasteiger partial charge in [-0.25, -0.2) is 19.9 Å². The van der Waals surface area contributed by atoms with Crippen molar-refractivity contribution in [2.24, 2.45) is 0 Å². The molecule has 4 aromatic rings. The van der Waals surface area contributed by atoms with E-state index in [0.29, 0.717) is 27.5 Å². The molecule has 0 spiro atoms. The summed E-state index contributed by atoms with van der Waals surface area (Å²) in [5.41, 5.74) is 1.61. The van der Waals surface area contributed by atoms with Crippen LogP contribution < -0.4 is 24.4 Å². The lowest BCUT2D eigenvalue weighted by atomic mass is 10.2. The zero-order chi connectivity index (χ0) is 27.4. The highest BCUT2D eigenvalue weighted by Gasteiger charge is 2.23.